The number of aryl methyl sites for hydroxylation is 1. The molecule has 0 heterocycles. The van der Waals surface area contributed by atoms with E-state index in [4.69, 9.17) is 0 Å². The molecule has 0 aliphatic carbocycles. The zero-order chi connectivity index (χ0) is 21.3. The lowest BCUT2D eigenvalue weighted by atomic mass is 10.1. The fraction of sp³-hybridized carbons (Fsp3) is 0.231. The molecule has 4 heteroatoms. The minimum absolute atomic E-state index is 0.0370. The van der Waals surface area contributed by atoms with Gasteiger partial charge in [0.05, 0.1) is 13.0 Å². The topological polar surface area (TPSA) is 49.4 Å². The van der Waals surface area contributed by atoms with Crippen molar-refractivity contribution < 1.29 is 9.59 Å². The van der Waals surface area contributed by atoms with Gasteiger partial charge < -0.3 is 10.2 Å². The van der Waals surface area contributed by atoms with Gasteiger partial charge >= 0.3 is 0 Å². The third kappa shape index (κ3) is 6.05. The molecule has 0 atom stereocenters. The maximum absolute atomic E-state index is 12.6. The predicted molar refractivity (Wildman–Crippen MR) is 121 cm³/mol. The monoisotopic (exact) mass is 400 g/mol. The summed E-state index contributed by atoms with van der Waals surface area (Å²) in [6.07, 6.45) is 0.702. The number of nitrogens with zero attached hydrogens (tertiary/aromatic N) is 1. The molecule has 30 heavy (non-hydrogen) atoms. The van der Waals surface area contributed by atoms with Crippen molar-refractivity contribution in [2.75, 3.05) is 4.90 Å². The van der Waals surface area contributed by atoms with E-state index in [1.165, 1.54) is 5.56 Å². The van der Waals surface area contributed by atoms with Crippen molar-refractivity contribution in [1.82, 2.24) is 5.32 Å². The van der Waals surface area contributed by atoms with Crippen LogP contribution in [0.4, 0.5) is 5.69 Å². The molecule has 3 aromatic carbocycles. The van der Waals surface area contributed by atoms with Gasteiger partial charge in [0.2, 0.25) is 11.8 Å². The molecule has 0 bridgehead atoms. The molecule has 2 amide bonds. The van der Waals surface area contributed by atoms with Crippen LogP contribution in [-0.4, -0.2) is 11.8 Å². The largest absolute Gasteiger partial charge is 0.352 e. The molecule has 0 aromatic heterocycles. The molecule has 0 fully saturated rings. The maximum Gasteiger partial charge on any atom is 0.227 e. The summed E-state index contributed by atoms with van der Waals surface area (Å²) in [7, 11) is 0. The Balaban J connectivity index is 1.68. The number of rotatable bonds is 8. The van der Waals surface area contributed by atoms with Crippen LogP contribution >= 0.6 is 0 Å². The number of benzene rings is 3. The maximum atomic E-state index is 12.6. The molecule has 1 N–H and O–H groups in total. The summed E-state index contributed by atoms with van der Waals surface area (Å²) in [6.45, 7) is 4.92. The van der Waals surface area contributed by atoms with E-state index in [0.717, 1.165) is 22.4 Å². The molecule has 0 aliphatic heterocycles. The van der Waals surface area contributed by atoms with Crippen molar-refractivity contribution in [2.24, 2.45) is 0 Å². The lowest BCUT2D eigenvalue weighted by Crippen LogP contribution is -2.30. The van der Waals surface area contributed by atoms with E-state index in [1.54, 1.807) is 4.90 Å². The van der Waals surface area contributed by atoms with Gasteiger partial charge in [-0.1, -0.05) is 79.2 Å². The van der Waals surface area contributed by atoms with E-state index >= 15 is 0 Å². The first-order valence-corrected chi connectivity index (χ1v) is 10.3. The third-order valence-corrected chi connectivity index (χ3v) is 4.95. The normalized spacial score (nSPS) is 10.5. The van der Waals surface area contributed by atoms with Crippen LogP contribution in [-0.2, 0) is 29.1 Å². The lowest BCUT2D eigenvalue weighted by molar-refractivity contribution is -0.120. The van der Waals surface area contributed by atoms with Crippen molar-refractivity contribution in [1.29, 1.82) is 0 Å². The zero-order valence-corrected chi connectivity index (χ0v) is 17.6. The zero-order valence-electron chi connectivity index (χ0n) is 17.6. The molecule has 0 spiro atoms. The summed E-state index contributed by atoms with van der Waals surface area (Å²) in [5.74, 6) is 0.0185. The Morgan fingerprint density at radius 2 is 1.53 bits per heavy atom. The number of amides is 2. The SMILES string of the molecule is CCC(=O)N(Cc1ccccc1)c1cccc(CC(=O)NCc2cccc(C)c2)c1. The van der Waals surface area contributed by atoms with Crippen molar-refractivity contribution in [3.63, 3.8) is 0 Å². The van der Waals surface area contributed by atoms with E-state index in [2.05, 4.69) is 11.4 Å². The van der Waals surface area contributed by atoms with Crippen molar-refractivity contribution in [2.45, 2.75) is 39.8 Å². The Hall–Kier alpha value is -3.40. The van der Waals surface area contributed by atoms with Crippen molar-refractivity contribution in [3.8, 4) is 0 Å². The quantitative estimate of drug-likeness (QED) is 0.591. The van der Waals surface area contributed by atoms with E-state index in [-0.39, 0.29) is 18.2 Å². The van der Waals surface area contributed by atoms with Crippen LogP contribution in [0.25, 0.3) is 0 Å². The average molecular weight is 401 g/mol. The molecule has 154 valence electrons. The highest BCUT2D eigenvalue weighted by atomic mass is 16.2. The number of carbonyl (C=O) groups excluding carboxylic acids is 2. The van der Waals surface area contributed by atoms with E-state index in [1.807, 2.05) is 86.6 Å². The molecule has 3 aromatic rings. The molecule has 4 nitrogen and oxygen atoms in total. The minimum Gasteiger partial charge on any atom is -0.352 e. The standard InChI is InChI=1S/C26H28N2O2/c1-3-26(30)28(19-21-10-5-4-6-11-21)24-14-8-12-22(16-24)17-25(29)27-18-23-13-7-9-20(2)15-23/h4-16H,3,17-19H2,1-2H3,(H,27,29). The first kappa shape index (κ1) is 21.3. The van der Waals surface area contributed by atoms with Crippen LogP contribution < -0.4 is 10.2 Å². The Bertz CT molecular complexity index is 999. The number of carbonyl (C=O) groups is 2. The van der Waals surface area contributed by atoms with E-state index < -0.39 is 0 Å². The average Bonchev–Trinajstić information content (AvgIpc) is 2.76. The highest BCUT2D eigenvalue weighted by molar-refractivity contribution is 5.93. The minimum atomic E-state index is -0.0370. The Morgan fingerprint density at radius 1 is 0.833 bits per heavy atom. The van der Waals surface area contributed by atoms with Gasteiger partial charge in [-0.15, -0.1) is 0 Å². The fourth-order valence-corrected chi connectivity index (χ4v) is 3.39. The van der Waals surface area contributed by atoms with Gasteiger partial charge in [-0.2, -0.15) is 0 Å². The third-order valence-electron chi connectivity index (χ3n) is 4.95. The van der Waals surface area contributed by atoms with Gasteiger partial charge in [0.1, 0.15) is 0 Å². The Kier molecular flexibility index (Phi) is 7.39. The van der Waals surface area contributed by atoms with Gasteiger partial charge in [0.15, 0.2) is 0 Å². The Morgan fingerprint density at radius 3 is 2.27 bits per heavy atom. The summed E-state index contributed by atoms with van der Waals surface area (Å²) in [5, 5.41) is 2.98. The second kappa shape index (κ2) is 10.4. The summed E-state index contributed by atoms with van der Waals surface area (Å²) >= 11 is 0. The summed E-state index contributed by atoms with van der Waals surface area (Å²) in [4.78, 5) is 26.8. The molecule has 3 rings (SSSR count). The van der Waals surface area contributed by atoms with Gasteiger partial charge in [-0.05, 0) is 35.7 Å². The molecule has 0 aliphatic rings. The van der Waals surface area contributed by atoms with Crippen LogP contribution in [0, 0.1) is 6.92 Å². The first-order valence-electron chi connectivity index (χ1n) is 10.3. The van der Waals surface area contributed by atoms with E-state index in [0.29, 0.717) is 19.5 Å². The molecular formula is C26H28N2O2. The van der Waals surface area contributed by atoms with Gasteiger partial charge in [0.25, 0.3) is 0 Å². The van der Waals surface area contributed by atoms with Crippen molar-refractivity contribution in [3.05, 3.63) is 101 Å². The predicted octanol–water partition coefficient (Wildman–Crippen LogP) is 4.80. The second-order valence-electron chi connectivity index (χ2n) is 7.43. The summed E-state index contributed by atoms with van der Waals surface area (Å²) in [5.41, 5.74) is 5.03. The number of hydrogen-bond donors (Lipinski definition) is 1. The Labute approximate surface area is 178 Å². The van der Waals surface area contributed by atoms with Crippen LogP contribution in [0.15, 0.2) is 78.9 Å². The van der Waals surface area contributed by atoms with Gasteiger partial charge in [-0.25, -0.2) is 0 Å². The molecule has 0 saturated carbocycles. The summed E-state index contributed by atoms with van der Waals surface area (Å²) < 4.78 is 0. The highest BCUT2D eigenvalue weighted by Gasteiger charge is 2.15. The van der Waals surface area contributed by atoms with Crippen molar-refractivity contribution >= 4 is 17.5 Å². The molecule has 0 radical (unpaired) electrons. The van der Waals surface area contributed by atoms with Gasteiger partial charge in [0, 0.05) is 18.7 Å². The fourth-order valence-electron chi connectivity index (χ4n) is 3.39. The number of anilines is 1. The number of hydrogen-bond acceptors (Lipinski definition) is 2. The summed E-state index contributed by atoms with van der Waals surface area (Å²) in [6, 6.07) is 25.7. The smallest absolute Gasteiger partial charge is 0.227 e. The van der Waals surface area contributed by atoms with Crippen LogP contribution in [0.1, 0.15) is 35.6 Å². The second-order valence-corrected chi connectivity index (χ2v) is 7.43. The lowest BCUT2D eigenvalue weighted by Gasteiger charge is -2.23. The first-order chi connectivity index (χ1) is 14.5. The van der Waals surface area contributed by atoms with Crippen LogP contribution in [0.2, 0.25) is 0 Å². The molecular weight excluding hydrogens is 372 g/mol. The molecule has 0 unspecified atom stereocenters. The van der Waals surface area contributed by atoms with Gasteiger partial charge in [-0.3, -0.25) is 9.59 Å². The molecule has 0 saturated heterocycles. The van der Waals surface area contributed by atoms with Crippen LogP contribution in [0.3, 0.4) is 0 Å². The highest BCUT2D eigenvalue weighted by Crippen LogP contribution is 2.20. The number of nitrogens with one attached hydrogen (secondary N) is 1. The van der Waals surface area contributed by atoms with Crippen LogP contribution in [0.5, 0.6) is 0 Å². The van der Waals surface area contributed by atoms with E-state index in [9.17, 15) is 9.59 Å².